The Morgan fingerprint density at radius 3 is 2.50 bits per heavy atom. The number of carbonyl (C=O) groups is 2. The molecule has 3 N–H and O–H groups in total. The van der Waals surface area contributed by atoms with Gasteiger partial charge in [-0.2, -0.15) is 0 Å². The molecule has 0 aliphatic heterocycles. The van der Waals surface area contributed by atoms with Crippen molar-refractivity contribution in [2.75, 3.05) is 5.32 Å². The summed E-state index contributed by atoms with van der Waals surface area (Å²) in [5, 5.41) is 14.1. The van der Waals surface area contributed by atoms with Gasteiger partial charge in [0.15, 0.2) is 0 Å². The van der Waals surface area contributed by atoms with Crippen molar-refractivity contribution in [3.05, 3.63) is 24.0 Å². The zero-order valence-electron chi connectivity index (χ0n) is 12.0. The van der Waals surface area contributed by atoms with Crippen molar-refractivity contribution in [2.45, 2.75) is 39.7 Å². The number of amides is 2. The highest BCUT2D eigenvalue weighted by Gasteiger charge is 2.09. The number of rotatable bonds is 6. The van der Waals surface area contributed by atoms with E-state index in [1.807, 2.05) is 6.92 Å². The number of carboxylic acid groups (broad SMARTS) is 1. The fourth-order valence-corrected chi connectivity index (χ4v) is 1.91. The van der Waals surface area contributed by atoms with E-state index in [-0.39, 0.29) is 18.5 Å². The first-order valence-corrected chi connectivity index (χ1v) is 6.61. The Hall–Kier alpha value is -2.11. The van der Waals surface area contributed by atoms with Crippen LogP contribution in [0.1, 0.15) is 32.9 Å². The summed E-state index contributed by atoms with van der Waals surface area (Å²) < 4.78 is 0. The SMILES string of the molecule is CC(C)CC(C)NC(=O)Nc1ccc(CC(=O)O)nc1. The Morgan fingerprint density at radius 1 is 1.30 bits per heavy atom. The minimum absolute atomic E-state index is 0.0919. The molecule has 0 aliphatic carbocycles. The van der Waals surface area contributed by atoms with Gasteiger partial charge in [0.1, 0.15) is 0 Å². The maximum absolute atomic E-state index is 11.7. The lowest BCUT2D eigenvalue weighted by atomic mass is 10.1. The summed E-state index contributed by atoms with van der Waals surface area (Å²) in [5.41, 5.74) is 0.991. The van der Waals surface area contributed by atoms with Gasteiger partial charge >= 0.3 is 12.0 Å². The zero-order valence-corrected chi connectivity index (χ0v) is 12.0. The van der Waals surface area contributed by atoms with E-state index in [4.69, 9.17) is 5.11 Å². The van der Waals surface area contributed by atoms with Gasteiger partial charge in [0, 0.05) is 6.04 Å². The number of aromatic nitrogens is 1. The second-order valence-electron chi connectivity index (χ2n) is 5.24. The highest BCUT2D eigenvalue weighted by atomic mass is 16.4. The van der Waals surface area contributed by atoms with Gasteiger partial charge in [0.25, 0.3) is 0 Å². The van der Waals surface area contributed by atoms with Gasteiger partial charge in [-0.05, 0) is 31.4 Å². The molecule has 1 rings (SSSR count). The van der Waals surface area contributed by atoms with Crippen LogP contribution < -0.4 is 10.6 Å². The standard InChI is InChI=1S/C14H21N3O3/c1-9(2)6-10(3)16-14(20)17-12-5-4-11(15-8-12)7-13(18)19/h4-5,8-10H,6-7H2,1-3H3,(H,18,19)(H2,16,17,20). The summed E-state index contributed by atoms with van der Waals surface area (Å²) >= 11 is 0. The van der Waals surface area contributed by atoms with Crippen molar-refractivity contribution in [3.63, 3.8) is 0 Å². The van der Waals surface area contributed by atoms with Crippen molar-refractivity contribution < 1.29 is 14.7 Å². The average molecular weight is 279 g/mol. The number of carbonyl (C=O) groups excluding carboxylic acids is 1. The van der Waals surface area contributed by atoms with Crippen LogP contribution >= 0.6 is 0 Å². The van der Waals surface area contributed by atoms with E-state index in [0.29, 0.717) is 17.3 Å². The number of hydrogen-bond acceptors (Lipinski definition) is 3. The fourth-order valence-electron chi connectivity index (χ4n) is 1.91. The van der Waals surface area contributed by atoms with Crippen LogP contribution in [0, 0.1) is 5.92 Å². The second kappa shape index (κ2) is 7.47. The van der Waals surface area contributed by atoms with Gasteiger partial charge in [-0.1, -0.05) is 13.8 Å². The highest BCUT2D eigenvalue weighted by Crippen LogP contribution is 2.08. The van der Waals surface area contributed by atoms with Crippen molar-refractivity contribution in [1.82, 2.24) is 10.3 Å². The number of aliphatic carboxylic acids is 1. The molecule has 0 fully saturated rings. The Morgan fingerprint density at radius 2 is 2.00 bits per heavy atom. The van der Waals surface area contributed by atoms with Crippen molar-refractivity contribution >= 4 is 17.7 Å². The molecule has 1 aromatic rings. The third kappa shape index (κ3) is 6.17. The van der Waals surface area contributed by atoms with Crippen LogP contribution in [-0.2, 0) is 11.2 Å². The van der Waals surface area contributed by atoms with E-state index >= 15 is 0 Å². The second-order valence-corrected chi connectivity index (χ2v) is 5.24. The fraction of sp³-hybridized carbons (Fsp3) is 0.500. The van der Waals surface area contributed by atoms with Crippen molar-refractivity contribution in [2.24, 2.45) is 5.92 Å². The normalized spacial score (nSPS) is 12.0. The van der Waals surface area contributed by atoms with E-state index < -0.39 is 5.97 Å². The van der Waals surface area contributed by atoms with Gasteiger partial charge in [-0.15, -0.1) is 0 Å². The minimum atomic E-state index is -0.932. The third-order valence-corrected chi connectivity index (χ3v) is 2.62. The zero-order chi connectivity index (χ0) is 15.1. The van der Waals surface area contributed by atoms with Crippen LogP contribution in [0.2, 0.25) is 0 Å². The van der Waals surface area contributed by atoms with E-state index in [1.165, 1.54) is 6.20 Å². The summed E-state index contributed by atoms with van der Waals surface area (Å²) in [7, 11) is 0. The molecular formula is C14H21N3O3. The van der Waals surface area contributed by atoms with Crippen molar-refractivity contribution in [1.29, 1.82) is 0 Å². The first-order chi connectivity index (χ1) is 9.36. The Bertz CT molecular complexity index is 457. The van der Waals surface area contributed by atoms with Gasteiger partial charge in [-0.3, -0.25) is 9.78 Å². The van der Waals surface area contributed by atoms with E-state index in [0.717, 1.165) is 6.42 Å². The van der Waals surface area contributed by atoms with Crippen LogP contribution in [0.5, 0.6) is 0 Å². The first kappa shape index (κ1) is 15.9. The minimum Gasteiger partial charge on any atom is -0.481 e. The first-order valence-electron chi connectivity index (χ1n) is 6.61. The molecule has 0 saturated carbocycles. The molecule has 6 heteroatoms. The molecule has 0 bridgehead atoms. The monoisotopic (exact) mass is 279 g/mol. The predicted molar refractivity (Wildman–Crippen MR) is 76.6 cm³/mol. The number of anilines is 1. The number of nitrogens with one attached hydrogen (secondary N) is 2. The molecule has 0 saturated heterocycles. The quantitative estimate of drug-likeness (QED) is 0.745. The molecule has 1 heterocycles. The molecule has 1 atom stereocenters. The van der Waals surface area contributed by atoms with E-state index in [9.17, 15) is 9.59 Å². The maximum atomic E-state index is 11.7. The van der Waals surface area contributed by atoms with Crippen LogP contribution in [0.4, 0.5) is 10.5 Å². The lowest BCUT2D eigenvalue weighted by molar-refractivity contribution is -0.136. The smallest absolute Gasteiger partial charge is 0.319 e. The average Bonchev–Trinajstić information content (AvgIpc) is 2.29. The lowest BCUT2D eigenvalue weighted by Gasteiger charge is -2.16. The molecule has 0 spiro atoms. The van der Waals surface area contributed by atoms with Gasteiger partial charge < -0.3 is 15.7 Å². The van der Waals surface area contributed by atoms with Crippen LogP contribution in [-0.4, -0.2) is 28.1 Å². The molecule has 1 aromatic heterocycles. The van der Waals surface area contributed by atoms with Gasteiger partial charge in [0.2, 0.25) is 0 Å². The van der Waals surface area contributed by atoms with Crippen LogP contribution in [0.15, 0.2) is 18.3 Å². The summed E-state index contributed by atoms with van der Waals surface area (Å²) in [6.45, 7) is 6.15. The molecule has 0 aliphatic rings. The van der Waals surface area contributed by atoms with Gasteiger partial charge in [0.05, 0.1) is 24.0 Å². The number of urea groups is 1. The number of carboxylic acids is 1. The van der Waals surface area contributed by atoms with Gasteiger partial charge in [-0.25, -0.2) is 4.79 Å². The molecule has 20 heavy (non-hydrogen) atoms. The number of pyridine rings is 1. The number of hydrogen-bond donors (Lipinski definition) is 3. The topological polar surface area (TPSA) is 91.3 Å². The maximum Gasteiger partial charge on any atom is 0.319 e. The van der Waals surface area contributed by atoms with E-state index in [2.05, 4.69) is 29.5 Å². The summed E-state index contributed by atoms with van der Waals surface area (Å²) in [6, 6.07) is 3.03. The summed E-state index contributed by atoms with van der Waals surface area (Å²) in [4.78, 5) is 26.2. The Kier molecular flexibility index (Phi) is 5.96. The summed E-state index contributed by atoms with van der Waals surface area (Å²) in [5.74, 6) is -0.416. The largest absolute Gasteiger partial charge is 0.481 e. The molecular weight excluding hydrogens is 258 g/mol. The molecule has 0 radical (unpaired) electrons. The molecule has 1 unspecified atom stereocenters. The molecule has 6 nitrogen and oxygen atoms in total. The van der Waals surface area contributed by atoms with Crippen LogP contribution in [0.25, 0.3) is 0 Å². The Balaban J connectivity index is 2.47. The third-order valence-electron chi connectivity index (χ3n) is 2.62. The van der Waals surface area contributed by atoms with E-state index in [1.54, 1.807) is 12.1 Å². The summed E-state index contributed by atoms with van der Waals surface area (Å²) in [6.07, 6.45) is 2.23. The molecule has 0 aromatic carbocycles. The molecule has 2 amide bonds. The predicted octanol–water partition coefficient (Wildman–Crippen LogP) is 2.26. The number of nitrogens with zero attached hydrogens (tertiary/aromatic N) is 1. The molecule has 110 valence electrons. The van der Waals surface area contributed by atoms with Crippen molar-refractivity contribution in [3.8, 4) is 0 Å². The highest BCUT2D eigenvalue weighted by molar-refractivity contribution is 5.89. The Labute approximate surface area is 118 Å². The lowest BCUT2D eigenvalue weighted by Crippen LogP contribution is -2.36. The van der Waals surface area contributed by atoms with Crippen LogP contribution in [0.3, 0.4) is 0 Å².